The number of carbonyl (C=O) groups excluding carboxylic acids is 2. The number of carbonyl (C=O) groups is 2. The number of hydrogen-bond donors (Lipinski definition) is 0. The third-order valence-electron chi connectivity index (χ3n) is 2.58. The average Bonchev–Trinajstić information content (AvgIpc) is 2.26. The second kappa shape index (κ2) is 3.66. The molecule has 2 rings (SSSR count). The first-order chi connectivity index (χ1) is 7.13. The number of halogens is 1. The molecular formula is C11H10ClNO2. The fourth-order valence-corrected chi connectivity index (χ4v) is 1.80. The molecule has 3 nitrogen and oxygen atoms in total. The van der Waals surface area contributed by atoms with Gasteiger partial charge in [0.1, 0.15) is 0 Å². The van der Waals surface area contributed by atoms with Crippen LogP contribution < -0.4 is 0 Å². The number of alkyl halides is 1. The van der Waals surface area contributed by atoms with Gasteiger partial charge in [-0.25, -0.2) is 0 Å². The van der Waals surface area contributed by atoms with E-state index in [1.165, 1.54) is 7.05 Å². The molecule has 0 unspecified atom stereocenters. The lowest BCUT2D eigenvalue weighted by Gasteiger charge is -2.23. The van der Waals surface area contributed by atoms with E-state index in [0.717, 1.165) is 16.0 Å². The molecule has 0 fully saturated rings. The molecule has 1 aromatic rings. The van der Waals surface area contributed by atoms with E-state index in [1.54, 1.807) is 12.1 Å². The number of amides is 2. The predicted octanol–water partition coefficient (Wildman–Crippen LogP) is 1.58. The highest BCUT2D eigenvalue weighted by molar-refractivity contribution is 6.17. The molecule has 0 aromatic heterocycles. The van der Waals surface area contributed by atoms with Crippen molar-refractivity contribution in [3.8, 4) is 0 Å². The maximum Gasteiger partial charge on any atom is 0.260 e. The van der Waals surface area contributed by atoms with Crippen LogP contribution in [-0.2, 0) is 17.1 Å². The van der Waals surface area contributed by atoms with Gasteiger partial charge in [-0.15, -0.1) is 11.6 Å². The van der Waals surface area contributed by atoms with E-state index >= 15 is 0 Å². The van der Waals surface area contributed by atoms with E-state index in [1.807, 2.05) is 6.07 Å². The molecule has 0 N–H and O–H groups in total. The molecule has 15 heavy (non-hydrogen) atoms. The molecule has 0 saturated carbocycles. The molecule has 1 aliphatic heterocycles. The Bertz CT molecular complexity index is 442. The minimum absolute atomic E-state index is 0.161. The van der Waals surface area contributed by atoms with Gasteiger partial charge in [0, 0.05) is 18.5 Å². The smallest absolute Gasteiger partial charge is 0.260 e. The van der Waals surface area contributed by atoms with Gasteiger partial charge in [0.2, 0.25) is 5.91 Å². The zero-order chi connectivity index (χ0) is 11.0. The van der Waals surface area contributed by atoms with Crippen molar-refractivity contribution in [2.45, 2.75) is 12.3 Å². The predicted molar refractivity (Wildman–Crippen MR) is 56.8 cm³/mol. The van der Waals surface area contributed by atoms with Crippen LogP contribution in [0.25, 0.3) is 0 Å². The lowest BCUT2D eigenvalue weighted by atomic mass is 9.97. The fraction of sp³-hybridized carbons (Fsp3) is 0.273. The normalized spacial score (nSPS) is 15.5. The van der Waals surface area contributed by atoms with Crippen molar-refractivity contribution < 1.29 is 9.59 Å². The van der Waals surface area contributed by atoms with Crippen LogP contribution in [0.3, 0.4) is 0 Å². The van der Waals surface area contributed by atoms with Gasteiger partial charge in [0.15, 0.2) is 0 Å². The summed E-state index contributed by atoms with van der Waals surface area (Å²) in [6.07, 6.45) is 0.292. The summed E-state index contributed by atoms with van der Waals surface area (Å²) in [4.78, 5) is 24.3. The zero-order valence-corrected chi connectivity index (χ0v) is 9.04. The number of rotatable bonds is 1. The first-order valence-corrected chi connectivity index (χ1v) is 5.15. The Morgan fingerprint density at radius 3 is 2.80 bits per heavy atom. The Kier molecular flexibility index (Phi) is 2.49. The van der Waals surface area contributed by atoms with Crippen molar-refractivity contribution in [2.75, 3.05) is 7.05 Å². The van der Waals surface area contributed by atoms with Crippen molar-refractivity contribution >= 4 is 23.4 Å². The molecule has 2 amide bonds. The SMILES string of the molecule is CN1C(=O)Cc2ccc(CCl)cc2C1=O. The number of fused-ring (bicyclic) bond motifs is 1. The van der Waals surface area contributed by atoms with Crippen molar-refractivity contribution in [2.24, 2.45) is 0 Å². The molecular weight excluding hydrogens is 214 g/mol. The monoisotopic (exact) mass is 223 g/mol. The molecule has 4 heteroatoms. The molecule has 1 aliphatic rings. The lowest BCUT2D eigenvalue weighted by Crippen LogP contribution is -2.39. The number of hydrogen-bond acceptors (Lipinski definition) is 2. The summed E-state index contributed by atoms with van der Waals surface area (Å²) < 4.78 is 0. The fourth-order valence-electron chi connectivity index (χ4n) is 1.64. The highest BCUT2D eigenvalue weighted by Gasteiger charge is 2.27. The molecule has 0 radical (unpaired) electrons. The van der Waals surface area contributed by atoms with Crippen molar-refractivity contribution in [1.29, 1.82) is 0 Å². The van der Waals surface area contributed by atoms with Crippen LogP contribution in [0.2, 0.25) is 0 Å². The molecule has 1 aromatic carbocycles. The number of nitrogens with zero attached hydrogens (tertiary/aromatic N) is 1. The van der Waals surface area contributed by atoms with E-state index in [2.05, 4.69) is 0 Å². The van der Waals surface area contributed by atoms with E-state index in [-0.39, 0.29) is 11.8 Å². The van der Waals surface area contributed by atoms with Crippen LogP contribution in [0.1, 0.15) is 21.5 Å². The average molecular weight is 224 g/mol. The largest absolute Gasteiger partial charge is 0.281 e. The van der Waals surface area contributed by atoms with Crippen LogP contribution in [0.15, 0.2) is 18.2 Å². The summed E-state index contributed by atoms with van der Waals surface area (Å²) in [5.74, 6) is -0.0302. The maximum atomic E-state index is 11.8. The highest BCUT2D eigenvalue weighted by Crippen LogP contribution is 2.20. The van der Waals surface area contributed by atoms with Crippen molar-refractivity contribution in [1.82, 2.24) is 4.90 Å². The van der Waals surface area contributed by atoms with Gasteiger partial charge in [0.25, 0.3) is 5.91 Å². The topological polar surface area (TPSA) is 37.4 Å². The van der Waals surface area contributed by atoms with Gasteiger partial charge in [-0.3, -0.25) is 14.5 Å². The number of benzene rings is 1. The summed E-state index contributed by atoms with van der Waals surface area (Å²) in [6, 6.07) is 5.40. The lowest BCUT2D eigenvalue weighted by molar-refractivity contribution is -0.127. The van der Waals surface area contributed by atoms with Gasteiger partial charge < -0.3 is 0 Å². The van der Waals surface area contributed by atoms with Crippen LogP contribution in [0.5, 0.6) is 0 Å². The summed E-state index contributed by atoms with van der Waals surface area (Å²) in [5, 5.41) is 0. The Morgan fingerprint density at radius 2 is 2.13 bits per heavy atom. The van der Waals surface area contributed by atoms with Gasteiger partial charge in [-0.05, 0) is 17.2 Å². The van der Waals surface area contributed by atoms with E-state index in [4.69, 9.17) is 11.6 Å². The van der Waals surface area contributed by atoms with E-state index in [0.29, 0.717) is 17.9 Å². The third-order valence-corrected chi connectivity index (χ3v) is 2.89. The van der Waals surface area contributed by atoms with Gasteiger partial charge >= 0.3 is 0 Å². The first kappa shape index (κ1) is 10.2. The van der Waals surface area contributed by atoms with Gasteiger partial charge in [0.05, 0.1) is 6.42 Å². The summed E-state index contributed by atoms with van der Waals surface area (Å²) in [5.41, 5.74) is 2.28. The summed E-state index contributed by atoms with van der Waals surface area (Å²) >= 11 is 5.69. The zero-order valence-electron chi connectivity index (χ0n) is 8.29. The minimum Gasteiger partial charge on any atom is -0.281 e. The molecule has 1 heterocycles. The van der Waals surface area contributed by atoms with Crippen LogP contribution >= 0.6 is 11.6 Å². The van der Waals surface area contributed by atoms with Crippen LogP contribution in [0, 0.1) is 0 Å². The Balaban J connectivity index is 2.51. The number of likely N-dealkylation sites (N-methyl/N-ethyl adjacent to an activating group) is 1. The standard InChI is InChI=1S/C11H10ClNO2/c1-13-10(14)5-8-3-2-7(6-12)4-9(8)11(13)15/h2-4H,5-6H2,1H3. The quantitative estimate of drug-likeness (QED) is 0.536. The van der Waals surface area contributed by atoms with E-state index in [9.17, 15) is 9.59 Å². The van der Waals surface area contributed by atoms with Crippen molar-refractivity contribution in [3.05, 3.63) is 34.9 Å². The minimum atomic E-state index is -0.242. The third kappa shape index (κ3) is 1.63. The molecule has 0 aliphatic carbocycles. The van der Waals surface area contributed by atoms with E-state index < -0.39 is 0 Å². The van der Waals surface area contributed by atoms with Crippen LogP contribution in [0.4, 0.5) is 0 Å². The Labute approximate surface area is 92.6 Å². The second-order valence-electron chi connectivity index (χ2n) is 3.56. The molecule has 0 saturated heterocycles. The molecule has 0 spiro atoms. The molecule has 78 valence electrons. The van der Waals surface area contributed by atoms with Crippen LogP contribution in [-0.4, -0.2) is 23.8 Å². The maximum absolute atomic E-state index is 11.8. The Morgan fingerprint density at radius 1 is 1.40 bits per heavy atom. The molecule has 0 atom stereocenters. The summed E-state index contributed by atoms with van der Waals surface area (Å²) in [7, 11) is 1.50. The Hall–Kier alpha value is -1.35. The molecule has 0 bridgehead atoms. The number of imide groups is 1. The first-order valence-electron chi connectivity index (χ1n) is 4.62. The van der Waals surface area contributed by atoms with Gasteiger partial charge in [-0.2, -0.15) is 0 Å². The highest BCUT2D eigenvalue weighted by atomic mass is 35.5. The van der Waals surface area contributed by atoms with Gasteiger partial charge in [-0.1, -0.05) is 12.1 Å². The van der Waals surface area contributed by atoms with Crippen molar-refractivity contribution in [3.63, 3.8) is 0 Å². The second-order valence-corrected chi connectivity index (χ2v) is 3.83. The summed E-state index contributed by atoms with van der Waals surface area (Å²) in [6.45, 7) is 0.